The van der Waals surface area contributed by atoms with Gasteiger partial charge in [-0.3, -0.25) is 4.79 Å². The van der Waals surface area contributed by atoms with Gasteiger partial charge in [-0.25, -0.2) is 13.6 Å². The number of carbonyl (C=O) groups is 2. The van der Waals surface area contributed by atoms with E-state index >= 15 is 0 Å². The van der Waals surface area contributed by atoms with Crippen molar-refractivity contribution in [3.05, 3.63) is 53.0 Å². The number of fused-ring (bicyclic) bond motifs is 1. The lowest BCUT2D eigenvalue weighted by Crippen LogP contribution is -2.28. The van der Waals surface area contributed by atoms with Crippen LogP contribution in [0.5, 0.6) is 0 Å². The van der Waals surface area contributed by atoms with Gasteiger partial charge in [-0.1, -0.05) is 6.92 Å². The molecule has 5 nitrogen and oxygen atoms in total. The van der Waals surface area contributed by atoms with Crippen molar-refractivity contribution >= 4 is 39.1 Å². The van der Waals surface area contributed by atoms with Gasteiger partial charge in [0.05, 0.1) is 12.8 Å². The fourth-order valence-electron chi connectivity index (χ4n) is 2.81. The second-order valence-electron chi connectivity index (χ2n) is 5.61. The van der Waals surface area contributed by atoms with Gasteiger partial charge in [0.15, 0.2) is 0 Å². The summed E-state index contributed by atoms with van der Waals surface area (Å²) in [6.45, 7) is 1.78. The Morgan fingerprint density at radius 1 is 1.27 bits per heavy atom. The molecule has 0 radical (unpaired) electrons. The number of methoxy groups -OCH3 is 1. The first kappa shape index (κ1) is 18.1. The van der Waals surface area contributed by atoms with Crippen LogP contribution >= 0.6 is 11.3 Å². The van der Waals surface area contributed by atoms with Crippen LogP contribution in [0.4, 0.5) is 14.5 Å². The molecule has 1 atom stereocenters. The number of esters is 1. The molecule has 1 amide bonds. The monoisotopic (exact) mass is 378 g/mol. The maximum absolute atomic E-state index is 13.9. The van der Waals surface area contributed by atoms with E-state index in [1.807, 2.05) is 11.4 Å². The van der Waals surface area contributed by atoms with E-state index < -0.39 is 29.6 Å². The Morgan fingerprint density at radius 2 is 2.04 bits per heavy atom. The minimum Gasteiger partial charge on any atom is -0.464 e. The van der Waals surface area contributed by atoms with Crippen LogP contribution in [-0.2, 0) is 9.53 Å². The minimum absolute atomic E-state index is 0.121. The Labute approximate surface area is 152 Å². The molecule has 0 bridgehead atoms. The van der Waals surface area contributed by atoms with Crippen LogP contribution in [0.1, 0.15) is 29.9 Å². The fraction of sp³-hybridized carbons (Fsp3) is 0.222. The third kappa shape index (κ3) is 3.20. The lowest BCUT2D eigenvalue weighted by atomic mass is 10.2. The predicted octanol–water partition coefficient (Wildman–Crippen LogP) is 4.36. The third-order valence-corrected chi connectivity index (χ3v) is 4.96. The number of ether oxygens (including phenoxy) is 1. The van der Waals surface area contributed by atoms with E-state index in [0.29, 0.717) is 12.5 Å². The van der Waals surface area contributed by atoms with E-state index in [0.717, 1.165) is 22.3 Å². The van der Waals surface area contributed by atoms with Crippen LogP contribution in [0, 0.1) is 11.6 Å². The number of nitrogens with one attached hydrogen (secondary N) is 1. The summed E-state index contributed by atoms with van der Waals surface area (Å²) < 4.78 is 33.3. The van der Waals surface area contributed by atoms with E-state index in [1.54, 1.807) is 17.6 Å². The summed E-state index contributed by atoms with van der Waals surface area (Å²) in [5.74, 6) is -2.66. The molecule has 26 heavy (non-hydrogen) atoms. The van der Waals surface area contributed by atoms with Crippen LogP contribution in [0.15, 0.2) is 35.7 Å². The number of rotatable bonds is 5. The van der Waals surface area contributed by atoms with Crippen LogP contribution in [0.25, 0.3) is 10.2 Å². The predicted molar refractivity (Wildman–Crippen MR) is 95.5 cm³/mol. The fourth-order valence-corrected chi connectivity index (χ4v) is 3.75. The van der Waals surface area contributed by atoms with Crippen LogP contribution < -0.4 is 5.32 Å². The Kier molecular flexibility index (Phi) is 5.03. The summed E-state index contributed by atoms with van der Waals surface area (Å²) in [5, 5.41) is 5.14. The second kappa shape index (κ2) is 7.25. The normalized spacial score (nSPS) is 12.2. The number of aromatic nitrogens is 1. The van der Waals surface area contributed by atoms with Crippen molar-refractivity contribution in [2.75, 3.05) is 12.4 Å². The Bertz CT molecular complexity index is 980. The van der Waals surface area contributed by atoms with Crippen molar-refractivity contribution in [3.63, 3.8) is 0 Å². The van der Waals surface area contributed by atoms with E-state index in [4.69, 9.17) is 4.74 Å². The number of carbonyl (C=O) groups excluding carboxylic acids is 2. The molecule has 0 fully saturated rings. The summed E-state index contributed by atoms with van der Waals surface area (Å²) in [5.41, 5.74) is 0.125. The van der Waals surface area contributed by atoms with Crippen LogP contribution in [-0.4, -0.2) is 23.6 Å². The molecule has 0 saturated heterocycles. The second-order valence-corrected chi connectivity index (χ2v) is 6.50. The lowest BCUT2D eigenvalue weighted by Gasteiger charge is -2.20. The standard InChI is InChI=1S/C18H16F2N2O3S/c1-3-14(16(23)21-13-5-4-11(19)9-12(13)20)22-15(18(24)25-2)8-10-6-7-26-17(10)22/h4-9,14H,3H2,1-2H3,(H,21,23)/t14-/m0/s1. The molecule has 0 saturated carbocycles. The smallest absolute Gasteiger partial charge is 0.354 e. The number of hydrogen-bond donors (Lipinski definition) is 1. The highest BCUT2D eigenvalue weighted by Crippen LogP contribution is 2.31. The van der Waals surface area contributed by atoms with Crippen molar-refractivity contribution < 1.29 is 23.1 Å². The van der Waals surface area contributed by atoms with E-state index in [2.05, 4.69) is 5.32 Å². The SMILES string of the molecule is CC[C@@H](C(=O)Nc1ccc(F)cc1F)n1c(C(=O)OC)cc2ccsc21. The van der Waals surface area contributed by atoms with Gasteiger partial charge in [-0.05, 0) is 36.1 Å². The zero-order chi connectivity index (χ0) is 18.8. The topological polar surface area (TPSA) is 60.3 Å². The van der Waals surface area contributed by atoms with Gasteiger partial charge in [-0.15, -0.1) is 11.3 Å². The quantitative estimate of drug-likeness (QED) is 0.671. The third-order valence-electron chi connectivity index (χ3n) is 4.03. The molecule has 2 aromatic heterocycles. The molecule has 1 N–H and O–H groups in total. The molecule has 3 rings (SSSR count). The number of amides is 1. The number of hydrogen-bond acceptors (Lipinski definition) is 4. The van der Waals surface area contributed by atoms with E-state index in [1.165, 1.54) is 18.4 Å². The van der Waals surface area contributed by atoms with Gasteiger partial charge in [-0.2, -0.15) is 0 Å². The maximum Gasteiger partial charge on any atom is 0.354 e. The Hall–Kier alpha value is -2.74. The zero-order valence-electron chi connectivity index (χ0n) is 14.1. The minimum atomic E-state index is -0.866. The first-order chi connectivity index (χ1) is 12.5. The molecule has 0 aliphatic carbocycles. The number of thiophene rings is 1. The molecule has 3 aromatic rings. The van der Waals surface area contributed by atoms with Crippen molar-refractivity contribution in [1.82, 2.24) is 4.57 Å². The number of nitrogens with zero attached hydrogens (tertiary/aromatic N) is 1. The van der Waals surface area contributed by atoms with Crippen molar-refractivity contribution in [2.45, 2.75) is 19.4 Å². The first-order valence-corrected chi connectivity index (χ1v) is 8.76. The van der Waals surface area contributed by atoms with Crippen LogP contribution in [0.3, 0.4) is 0 Å². The van der Waals surface area contributed by atoms with E-state index in [-0.39, 0.29) is 11.4 Å². The largest absolute Gasteiger partial charge is 0.464 e. The molecular weight excluding hydrogens is 362 g/mol. The summed E-state index contributed by atoms with van der Waals surface area (Å²) in [6, 6.07) is 5.66. The Morgan fingerprint density at radius 3 is 2.69 bits per heavy atom. The summed E-state index contributed by atoms with van der Waals surface area (Å²) in [6.07, 6.45) is 0.361. The van der Waals surface area contributed by atoms with Gasteiger partial charge in [0.1, 0.15) is 28.2 Å². The molecule has 2 heterocycles. The van der Waals surface area contributed by atoms with Crippen LogP contribution in [0.2, 0.25) is 0 Å². The highest BCUT2D eigenvalue weighted by atomic mass is 32.1. The first-order valence-electron chi connectivity index (χ1n) is 7.89. The van der Waals surface area contributed by atoms with Gasteiger partial charge in [0.2, 0.25) is 5.91 Å². The molecule has 136 valence electrons. The zero-order valence-corrected chi connectivity index (χ0v) is 14.9. The number of halogens is 2. The lowest BCUT2D eigenvalue weighted by molar-refractivity contribution is -0.119. The average Bonchev–Trinajstić information content (AvgIpc) is 3.19. The molecule has 0 aliphatic heterocycles. The van der Waals surface area contributed by atoms with Gasteiger partial charge in [0, 0.05) is 11.5 Å². The number of anilines is 1. The Balaban J connectivity index is 2.00. The van der Waals surface area contributed by atoms with Crippen molar-refractivity contribution in [2.24, 2.45) is 0 Å². The summed E-state index contributed by atoms with van der Waals surface area (Å²) >= 11 is 1.39. The molecule has 0 spiro atoms. The van der Waals surface area contributed by atoms with Gasteiger partial charge in [0.25, 0.3) is 0 Å². The van der Waals surface area contributed by atoms with E-state index in [9.17, 15) is 18.4 Å². The van der Waals surface area contributed by atoms with Gasteiger partial charge >= 0.3 is 5.97 Å². The maximum atomic E-state index is 13.9. The van der Waals surface area contributed by atoms with Crippen molar-refractivity contribution in [3.8, 4) is 0 Å². The molecule has 0 aliphatic rings. The highest BCUT2D eigenvalue weighted by Gasteiger charge is 2.27. The van der Waals surface area contributed by atoms with Crippen molar-refractivity contribution in [1.29, 1.82) is 0 Å². The summed E-state index contributed by atoms with van der Waals surface area (Å²) in [4.78, 5) is 25.6. The average molecular weight is 378 g/mol. The molecule has 8 heteroatoms. The van der Waals surface area contributed by atoms with Gasteiger partial charge < -0.3 is 14.6 Å². The molecule has 0 unspecified atom stereocenters. The highest BCUT2D eigenvalue weighted by molar-refractivity contribution is 7.16. The summed E-state index contributed by atoms with van der Waals surface area (Å²) in [7, 11) is 1.27. The number of benzene rings is 1. The molecular formula is C18H16F2N2O3S. The molecule has 1 aromatic carbocycles.